The third kappa shape index (κ3) is 1.76. The van der Waals surface area contributed by atoms with Gasteiger partial charge in [0.1, 0.15) is 12.1 Å². The first-order valence-electron chi connectivity index (χ1n) is 7.71. The van der Waals surface area contributed by atoms with Crippen LogP contribution >= 0.6 is 0 Å². The zero-order valence-electron chi connectivity index (χ0n) is 12.8. The molecule has 3 aromatic heterocycles. The van der Waals surface area contributed by atoms with E-state index in [0.717, 1.165) is 18.5 Å². The lowest BCUT2D eigenvalue weighted by atomic mass is 10.2. The van der Waals surface area contributed by atoms with Gasteiger partial charge in [0.25, 0.3) is 5.56 Å². The van der Waals surface area contributed by atoms with Crippen LogP contribution in [0, 0.1) is 5.82 Å². The second-order valence-corrected chi connectivity index (χ2v) is 6.15. The highest BCUT2D eigenvalue weighted by molar-refractivity contribution is 5.82. The fourth-order valence-corrected chi connectivity index (χ4v) is 3.09. The van der Waals surface area contributed by atoms with Crippen molar-refractivity contribution in [1.82, 2.24) is 28.9 Å². The van der Waals surface area contributed by atoms with Crippen LogP contribution in [0.15, 0.2) is 35.5 Å². The number of aromatic nitrogens is 6. The van der Waals surface area contributed by atoms with E-state index < -0.39 is 5.82 Å². The van der Waals surface area contributed by atoms with Crippen LogP contribution in [0.25, 0.3) is 22.4 Å². The second kappa shape index (κ2) is 4.50. The number of aryl methyl sites for hydroxylation is 1. The molecule has 0 bridgehead atoms. The largest absolute Gasteiger partial charge is 0.294 e. The number of imidazole rings is 1. The molecule has 120 valence electrons. The molecule has 4 aromatic rings. The number of benzene rings is 1. The van der Waals surface area contributed by atoms with Crippen molar-refractivity contribution in [2.24, 2.45) is 7.05 Å². The molecule has 0 saturated heterocycles. The highest BCUT2D eigenvalue weighted by Gasteiger charge is 2.27. The lowest BCUT2D eigenvalue weighted by Gasteiger charge is -2.08. The first-order valence-corrected chi connectivity index (χ1v) is 7.71. The Morgan fingerprint density at radius 3 is 2.92 bits per heavy atom. The van der Waals surface area contributed by atoms with Gasteiger partial charge in [-0.15, -0.1) is 5.10 Å². The predicted molar refractivity (Wildman–Crippen MR) is 84.8 cm³/mol. The number of hydrogen-bond donors (Lipinski definition) is 0. The highest BCUT2D eigenvalue weighted by atomic mass is 19.1. The second-order valence-electron chi connectivity index (χ2n) is 6.15. The Hall–Kier alpha value is -3.03. The van der Waals surface area contributed by atoms with Gasteiger partial charge in [0.05, 0.1) is 22.8 Å². The molecule has 1 saturated carbocycles. The summed E-state index contributed by atoms with van der Waals surface area (Å²) in [5, 5.41) is 8.66. The average molecular weight is 324 g/mol. The van der Waals surface area contributed by atoms with Crippen LogP contribution in [-0.4, -0.2) is 28.9 Å². The van der Waals surface area contributed by atoms with E-state index in [4.69, 9.17) is 0 Å². The van der Waals surface area contributed by atoms with E-state index in [0.29, 0.717) is 28.3 Å². The Labute approximate surface area is 135 Å². The van der Waals surface area contributed by atoms with Crippen LogP contribution in [0.3, 0.4) is 0 Å². The molecule has 0 amide bonds. The molecular formula is C16H13FN6O. The molecule has 1 aliphatic carbocycles. The van der Waals surface area contributed by atoms with Gasteiger partial charge < -0.3 is 0 Å². The summed E-state index contributed by atoms with van der Waals surface area (Å²) in [6, 6.07) is 4.17. The lowest BCUT2D eigenvalue weighted by Crippen LogP contribution is -2.20. The summed E-state index contributed by atoms with van der Waals surface area (Å²) in [5.74, 6) is 0.574. The topological polar surface area (TPSA) is 70.0 Å². The molecule has 0 unspecified atom stereocenters. The summed E-state index contributed by atoms with van der Waals surface area (Å²) in [6.07, 6.45) is 5.75. The number of rotatable bonds is 2. The smallest absolute Gasteiger partial charge is 0.261 e. The standard InChI is InChI=1S/C16H13FN6O/c1-21-15-14(23-7-12(19-20-23)9-2-3-9)18-8-22(15)13-5-4-10(17)6-11(13)16(21)24/h4-9H,2-3H2,1H3. The molecular weight excluding hydrogens is 311 g/mol. The third-order valence-electron chi connectivity index (χ3n) is 4.52. The van der Waals surface area contributed by atoms with E-state index in [-0.39, 0.29) is 5.56 Å². The van der Waals surface area contributed by atoms with Crippen LogP contribution < -0.4 is 5.56 Å². The number of fused-ring (bicyclic) bond motifs is 3. The van der Waals surface area contributed by atoms with Crippen LogP contribution in [0.4, 0.5) is 4.39 Å². The summed E-state index contributed by atoms with van der Waals surface area (Å²) in [7, 11) is 1.64. The summed E-state index contributed by atoms with van der Waals surface area (Å²) >= 11 is 0. The van der Waals surface area contributed by atoms with Gasteiger partial charge in [-0.05, 0) is 31.0 Å². The molecule has 1 aliphatic rings. The molecule has 7 nitrogen and oxygen atoms in total. The molecule has 5 rings (SSSR count). The van der Waals surface area contributed by atoms with Crippen molar-refractivity contribution in [3.05, 3.63) is 52.6 Å². The first kappa shape index (κ1) is 13.4. The zero-order valence-corrected chi connectivity index (χ0v) is 12.8. The summed E-state index contributed by atoms with van der Waals surface area (Å²) in [6.45, 7) is 0. The Kier molecular flexibility index (Phi) is 2.51. The number of halogens is 1. The Bertz CT molecular complexity index is 1170. The first-order chi connectivity index (χ1) is 11.6. The van der Waals surface area contributed by atoms with E-state index in [1.165, 1.54) is 16.7 Å². The molecule has 3 heterocycles. The van der Waals surface area contributed by atoms with E-state index in [1.807, 2.05) is 6.20 Å². The average Bonchev–Trinajstić information content (AvgIpc) is 3.15. The van der Waals surface area contributed by atoms with Gasteiger partial charge in [-0.2, -0.15) is 4.68 Å². The molecule has 1 aromatic carbocycles. The molecule has 0 N–H and O–H groups in total. The molecule has 24 heavy (non-hydrogen) atoms. The van der Waals surface area contributed by atoms with E-state index >= 15 is 0 Å². The fourth-order valence-electron chi connectivity index (χ4n) is 3.09. The maximum absolute atomic E-state index is 13.5. The lowest BCUT2D eigenvalue weighted by molar-refractivity contribution is 0.629. The monoisotopic (exact) mass is 324 g/mol. The van der Waals surface area contributed by atoms with Crippen LogP contribution in [0.5, 0.6) is 0 Å². The van der Waals surface area contributed by atoms with Gasteiger partial charge in [-0.3, -0.25) is 13.8 Å². The van der Waals surface area contributed by atoms with Crippen molar-refractivity contribution < 1.29 is 4.39 Å². The van der Waals surface area contributed by atoms with Crippen molar-refractivity contribution in [2.75, 3.05) is 0 Å². The quantitative estimate of drug-likeness (QED) is 0.563. The normalized spacial score (nSPS) is 14.8. The van der Waals surface area contributed by atoms with E-state index in [2.05, 4.69) is 15.3 Å². The van der Waals surface area contributed by atoms with Crippen LogP contribution in [-0.2, 0) is 7.05 Å². The SMILES string of the molecule is Cn1c(=O)c2cc(F)ccc2n2cnc(-n3cc(C4CC4)nn3)c12. The van der Waals surface area contributed by atoms with Gasteiger partial charge in [-0.25, -0.2) is 9.37 Å². The zero-order chi connectivity index (χ0) is 16.4. The maximum atomic E-state index is 13.5. The summed E-state index contributed by atoms with van der Waals surface area (Å²) in [5.41, 5.74) is 1.87. The number of nitrogens with zero attached hydrogens (tertiary/aromatic N) is 6. The van der Waals surface area contributed by atoms with Crippen LogP contribution in [0.2, 0.25) is 0 Å². The van der Waals surface area contributed by atoms with Crippen molar-refractivity contribution in [2.45, 2.75) is 18.8 Å². The predicted octanol–water partition coefficient (Wildman–Crippen LogP) is 1.78. The molecule has 0 aliphatic heterocycles. The van der Waals surface area contributed by atoms with Crippen molar-refractivity contribution in [3.8, 4) is 5.82 Å². The van der Waals surface area contributed by atoms with E-state index in [1.54, 1.807) is 28.5 Å². The van der Waals surface area contributed by atoms with Gasteiger partial charge in [0, 0.05) is 13.0 Å². The Morgan fingerprint density at radius 2 is 2.12 bits per heavy atom. The fraction of sp³-hybridized carbons (Fsp3) is 0.250. The molecule has 8 heteroatoms. The number of hydrogen-bond acceptors (Lipinski definition) is 4. The summed E-state index contributed by atoms with van der Waals surface area (Å²) in [4.78, 5) is 17.0. The summed E-state index contributed by atoms with van der Waals surface area (Å²) < 4.78 is 18.3. The van der Waals surface area contributed by atoms with Crippen molar-refractivity contribution >= 4 is 16.6 Å². The molecule has 0 radical (unpaired) electrons. The van der Waals surface area contributed by atoms with Gasteiger partial charge in [0.15, 0.2) is 11.5 Å². The maximum Gasteiger partial charge on any atom is 0.261 e. The van der Waals surface area contributed by atoms with Gasteiger partial charge >= 0.3 is 0 Å². The van der Waals surface area contributed by atoms with Gasteiger partial charge in [0.2, 0.25) is 0 Å². The van der Waals surface area contributed by atoms with Crippen molar-refractivity contribution in [3.63, 3.8) is 0 Å². The van der Waals surface area contributed by atoms with Crippen molar-refractivity contribution in [1.29, 1.82) is 0 Å². The Morgan fingerprint density at radius 1 is 1.29 bits per heavy atom. The van der Waals surface area contributed by atoms with Crippen LogP contribution in [0.1, 0.15) is 24.5 Å². The third-order valence-corrected chi connectivity index (χ3v) is 4.52. The molecule has 0 spiro atoms. The minimum Gasteiger partial charge on any atom is -0.294 e. The Balaban J connectivity index is 1.83. The minimum atomic E-state index is -0.440. The highest BCUT2D eigenvalue weighted by Crippen LogP contribution is 2.38. The minimum absolute atomic E-state index is 0.277. The van der Waals surface area contributed by atoms with Gasteiger partial charge in [-0.1, -0.05) is 5.21 Å². The molecule has 0 atom stereocenters. The molecule has 1 fully saturated rings. The van der Waals surface area contributed by atoms with E-state index in [9.17, 15) is 9.18 Å².